The Hall–Kier alpha value is -11.5. The fourth-order valence-electron chi connectivity index (χ4n) is 14.9. The molecule has 0 saturated heterocycles. The summed E-state index contributed by atoms with van der Waals surface area (Å²) in [4.78, 5) is 290. The summed E-state index contributed by atoms with van der Waals surface area (Å²) in [7, 11) is 0. The van der Waals surface area contributed by atoms with Crippen molar-refractivity contribution in [3.8, 4) is 0 Å². The molecule has 0 rings (SSSR count). The lowest BCUT2D eigenvalue weighted by Gasteiger charge is -2.30. The lowest BCUT2D eigenvalue weighted by Crippen LogP contribution is -2.63. The molecule has 0 bridgehead atoms. The van der Waals surface area contributed by atoms with Gasteiger partial charge in [-0.1, -0.05) is 83.1 Å². The number of unbranched alkanes of at least 4 members (excludes halogenated alkanes) is 3. The van der Waals surface area contributed by atoms with E-state index >= 15 is 0 Å². The number of aliphatic carboxylic acids is 3. The lowest BCUT2D eigenvalue weighted by atomic mass is 10.00. The van der Waals surface area contributed by atoms with Crippen LogP contribution >= 0.6 is 0 Å². The fraction of sp³-hybridized carbons (Fsp3) is 0.774. The summed E-state index contributed by atoms with van der Waals surface area (Å²) in [5.41, 5.74) is 28.9. The Balaban J connectivity index is 7.38. The maximum Gasteiger partial charge on any atom is 0.303 e. The molecule has 0 aliphatic heterocycles. The van der Waals surface area contributed by atoms with E-state index in [-0.39, 0.29) is 115 Å². The van der Waals surface area contributed by atoms with Crippen LogP contribution in [0.5, 0.6) is 0 Å². The van der Waals surface area contributed by atoms with Crippen LogP contribution < -0.4 is 119 Å². The van der Waals surface area contributed by atoms with E-state index in [1.807, 2.05) is 13.8 Å². The van der Waals surface area contributed by atoms with Gasteiger partial charge in [0, 0.05) is 19.3 Å². The molecule has 36 N–H and O–H groups in total. The van der Waals surface area contributed by atoms with Gasteiger partial charge in [0.05, 0.1) is 42.7 Å². The summed E-state index contributed by atoms with van der Waals surface area (Å²) in [6.45, 7) is 27.0. The standard InChI is InChI=1S/C93H168N22O30/c1-43(2)37-55(97)77(129)99-57(26-20-23-35-95)81(133)110-73(52(16)119)92(144)108-66(42-48(11)12)87(139)115-72(51(15)118)90(142)104-61(30-33-69(126)127)83(135)112-75(54(18)121)91(143)107-63(39-45(5)6)84(136)100-56(25-19-22-34-94)78(130)101-59(28-31-67(122)123)80(132)106-64(40-46(7)8)85(137)113-70(49(13)116)88(140)102-58(27-21-24-36-96)82(134)111-74(53(17)120)93(145)109-65(41-47(9)10)86(138)114-71(50(14)117)89(141)103-60(29-32-68(124)125)79(131)105-62(76(98)128)38-44(3)4/h43-66,70-75,116-121H,19-42,94-97H2,1-18H3,(H2,98,128)(H,99,129)(H,100,136)(H,101,130)(H,102,140)(H,103,141)(H,104,142)(H,105,131)(H,106,132)(H,107,143)(H,108,144)(H,109,145)(H,110,133)(H,111,134)(H,112,135)(H,113,137)(H,114,138)(H,115,139)(H,122,123)(H,124,125)(H,126,127)/t49-,50-,51-,52-,53-,54-,55+,56+,57+,58+,59+,60+,61+,62+,63+,64+,65+,66+,70+,71+,72+,73+,74+,75+/m1/s1. The molecule has 0 unspecified atom stereocenters. The normalized spacial score (nSPS) is 16.5. The van der Waals surface area contributed by atoms with E-state index in [4.69, 9.17) is 28.7 Å². The molecule has 18 amide bonds. The highest BCUT2D eigenvalue weighted by atomic mass is 16.4. The number of rotatable bonds is 74. The van der Waals surface area contributed by atoms with E-state index < -0.39 is 332 Å². The second-order valence-electron chi connectivity index (χ2n) is 39.5. The predicted octanol–water partition coefficient (Wildman–Crippen LogP) is -7.42. The number of carbonyl (C=O) groups excluding carboxylic acids is 18. The van der Waals surface area contributed by atoms with Gasteiger partial charge in [0.15, 0.2) is 0 Å². The first kappa shape index (κ1) is 133. The van der Waals surface area contributed by atoms with Gasteiger partial charge >= 0.3 is 17.9 Å². The Bertz CT molecular complexity index is 4190. The van der Waals surface area contributed by atoms with Crippen molar-refractivity contribution in [3.05, 3.63) is 0 Å². The average Bonchev–Trinajstić information content (AvgIpc) is 0.837. The van der Waals surface area contributed by atoms with Gasteiger partial charge in [-0.25, -0.2) is 0 Å². The number of carboxylic acids is 3. The molecule has 0 aromatic rings. The summed E-state index contributed by atoms with van der Waals surface area (Å²) in [5.74, 6) is -26.6. The van der Waals surface area contributed by atoms with Gasteiger partial charge in [-0.2, -0.15) is 0 Å². The summed E-state index contributed by atoms with van der Waals surface area (Å²) >= 11 is 0. The third-order valence-corrected chi connectivity index (χ3v) is 22.7. The third-order valence-electron chi connectivity index (χ3n) is 22.7. The summed E-state index contributed by atoms with van der Waals surface area (Å²) in [6.07, 6.45) is -14.6. The molecule has 24 atom stereocenters. The number of carbonyl (C=O) groups is 21. The minimum Gasteiger partial charge on any atom is -0.481 e. The van der Waals surface area contributed by atoms with E-state index in [0.717, 1.165) is 41.5 Å². The zero-order chi connectivity index (χ0) is 111. The highest BCUT2D eigenvalue weighted by Crippen LogP contribution is 2.19. The van der Waals surface area contributed by atoms with Crippen LogP contribution in [0.15, 0.2) is 0 Å². The van der Waals surface area contributed by atoms with Crippen molar-refractivity contribution in [1.29, 1.82) is 0 Å². The van der Waals surface area contributed by atoms with Gasteiger partial charge in [0.2, 0.25) is 106 Å². The van der Waals surface area contributed by atoms with Crippen molar-refractivity contribution in [1.82, 2.24) is 90.4 Å². The van der Waals surface area contributed by atoms with Crippen molar-refractivity contribution in [2.24, 2.45) is 64.2 Å². The summed E-state index contributed by atoms with van der Waals surface area (Å²) in [5, 5.41) is 136. The molecular formula is C93H168N22O30. The van der Waals surface area contributed by atoms with E-state index in [1.165, 1.54) is 0 Å². The molecule has 0 fully saturated rings. The third kappa shape index (κ3) is 52.9. The Morgan fingerprint density at radius 2 is 0.352 bits per heavy atom. The first-order chi connectivity index (χ1) is 67.4. The van der Waals surface area contributed by atoms with Gasteiger partial charge in [-0.05, 0) is 212 Å². The largest absolute Gasteiger partial charge is 0.481 e. The van der Waals surface area contributed by atoms with Gasteiger partial charge in [-0.3, -0.25) is 101 Å². The molecule has 0 aliphatic rings. The van der Waals surface area contributed by atoms with Crippen LogP contribution in [0.25, 0.3) is 0 Å². The van der Waals surface area contributed by atoms with Crippen LogP contribution in [0.3, 0.4) is 0 Å². The van der Waals surface area contributed by atoms with Crippen LogP contribution in [0.2, 0.25) is 0 Å². The molecule has 145 heavy (non-hydrogen) atoms. The van der Waals surface area contributed by atoms with E-state index in [2.05, 4.69) is 90.4 Å². The highest BCUT2D eigenvalue weighted by molar-refractivity contribution is 6.02. The number of aliphatic hydroxyl groups is 6. The molecular weight excluding hydrogens is 1910 g/mol. The van der Waals surface area contributed by atoms with Crippen LogP contribution in [0, 0.1) is 35.5 Å². The van der Waals surface area contributed by atoms with Crippen LogP contribution in [-0.4, -0.2) is 335 Å². The fourth-order valence-corrected chi connectivity index (χ4v) is 14.9. The minimum absolute atomic E-state index is 0.00862. The number of hydrogen-bond acceptors (Lipinski definition) is 31. The Morgan fingerprint density at radius 1 is 0.200 bits per heavy atom. The number of carboxylic acid groups (broad SMARTS) is 3. The lowest BCUT2D eigenvalue weighted by molar-refractivity contribution is -0.140. The van der Waals surface area contributed by atoms with Crippen molar-refractivity contribution in [2.45, 2.75) is 405 Å². The number of aliphatic hydroxyl groups excluding tert-OH is 6. The van der Waals surface area contributed by atoms with Gasteiger partial charge in [-0.15, -0.1) is 0 Å². The molecule has 52 nitrogen and oxygen atoms in total. The molecule has 0 heterocycles. The number of amides is 18. The first-order valence-corrected chi connectivity index (χ1v) is 49.5. The summed E-state index contributed by atoms with van der Waals surface area (Å²) in [6, 6.07) is -30.6. The number of primary amides is 1. The Kier molecular flexibility index (Phi) is 63.3. The van der Waals surface area contributed by atoms with E-state index in [9.17, 15) is 147 Å². The molecule has 0 radical (unpaired) electrons. The van der Waals surface area contributed by atoms with Crippen LogP contribution in [0.1, 0.15) is 259 Å². The maximum atomic E-state index is 14.7. The quantitative estimate of drug-likeness (QED) is 0.0252. The van der Waals surface area contributed by atoms with Crippen molar-refractivity contribution < 1.29 is 147 Å². The Morgan fingerprint density at radius 3 is 0.538 bits per heavy atom. The van der Waals surface area contributed by atoms with E-state index in [0.29, 0.717) is 12.8 Å². The molecule has 830 valence electrons. The maximum absolute atomic E-state index is 14.7. The van der Waals surface area contributed by atoms with Crippen LogP contribution in [-0.2, 0) is 101 Å². The van der Waals surface area contributed by atoms with Crippen molar-refractivity contribution in [2.75, 3.05) is 19.6 Å². The zero-order valence-electron chi connectivity index (χ0n) is 86.8. The number of nitrogens with one attached hydrogen (secondary N) is 17. The molecule has 52 heteroatoms. The van der Waals surface area contributed by atoms with Crippen molar-refractivity contribution in [3.63, 3.8) is 0 Å². The molecule has 0 aromatic carbocycles. The SMILES string of the molecule is CC(C)C[C@H](NC(=O)[C@H](CCC(=O)O)NC(=O)[C@@H](NC(=O)[C@H](CC(C)C)NC(=O)[C@@H](NC(=O)[C@H](CCCCN)NC(=O)[C@@H](NC(=O)[C@H](CC(C)C)NC(=O)[C@H](CCC(=O)O)NC(=O)[C@H](CCCCN)NC(=O)[C@H](CC(C)C)NC(=O)[C@@H](NC(=O)[C@H](CCC(=O)O)NC(=O)[C@@H](NC(=O)[C@H](CC(C)C)NC(=O)[C@@H](NC(=O)[C@H](CCCCN)NC(=O)[C@@H](N)CC(C)C)[C@@H](C)O)[C@@H](C)O)[C@@H](C)O)[C@@H](C)O)[C@@H](C)O)[C@@H](C)O)C(N)=O. The zero-order valence-corrected chi connectivity index (χ0v) is 86.8. The number of nitrogens with two attached hydrogens (primary N) is 5. The minimum atomic E-state index is -2.06. The average molecular weight is 2070 g/mol. The summed E-state index contributed by atoms with van der Waals surface area (Å²) < 4.78 is 0. The highest BCUT2D eigenvalue weighted by Gasteiger charge is 2.44. The Labute approximate surface area is 846 Å². The molecule has 0 saturated carbocycles. The van der Waals surface area contributed by atoms with Gasteiger partial charge in [0.25, 0.3) is 0 Å². The smallest absolute Gasteiger partial charge is 0.303 e. The van der Waals surface area contributed by atoms with Crippen molar-refractivity contribution >= 4 is 124 Å². The monoisotopic (exact) mass is 2070 g/mol. The van der Waals surface area contributed by atoms with E-state index in [1.54, 1.807) is 69.2 Å². The molecule has 0 spiro atoms. The predicted molar refractivity (Wildman–Crippen MR) is 526 cm³/mol. The van der Waals surface area contributed by atoms with Crippen LogP contribution in [0.4, 0.5) is 0 Å². The first-order valence-electron chi connectivity index (χ1n) is 49.5. The van der Waals surface area contributed by atoms with Gasteiger partial charge in [0.1, 0.15) is 103 Å². The second kappa shape index (κ2) is 68.8. The second-order valence-corrected chi connectivity index (χ2v) is 39.5. The number of hydrogen-bond donors (Lipinski definition) is 31. The molecule has 0 aliphatic carbocycles. The topological polar surface area (TPSA) is 875 Å². The van der Waals surface area contributed by atoms with Gasteiger partial charge < -0.3 is 165 Å². The molecule has 0 aromatic heterocycles.